The van der Waals surface area contributed by atoms with Gasteiger partial charge in [0.15, 0.2) is 5.78 Å². The SMILES string of the molecule is CCOC(=O)C1=C(C)[C@H]2[C@@H]3CC[C@@H](C3)[C@H]2C1=O. The third-order valence-electron chi connectivity index (χ3n) is 4.84. The number of allylic oxidation sites excluding steroid dienone is 1. The molecule has 0 aromatic heterocycles. The summed E-state index contributed by atoms with van der Waals surface area (Å²) in [6.45, 7) is 4.07. The van der Waals surface area contributed by atoms with Gasteiger partial charge in [-0.1, -0.05) is 5.57 Å². The minimum absolute atomic E-state index is 0.0677. The lowest BCUT2D eigenvalue weighted by atomic mass is 9.79. The first-order chi connectivity index (χ1) is 8.15. The van der Waals surface area contributed by atoms with Crippen LogP contribution in [0.4, 0.5) is 0 Å². The van der Waals surface area contributed by atoms with Crippen LogP contribution in [0.3, 0.4) is 0 Å². The van der Waals surface area contributed by atoms with Crippen LogP contribution in [-0.2, 0) is 14.3 Å². The van der Waals surface area contributed by atoms with E-state index in [-0.39, 0.29) is 11.7 Å². The van der Waals surface area contributed by atoms with Crippen molar-refractivity contribution in [1.29, 1.82) is 0 Å². The fourth-order valence-corrected chi connectivity index (χ4v) is 4.28. The second-order valence-corrected chi connectivity index (χ2v) is 5.53. The second kappa shape index (κ2) is 3.69. The molecule has 17 heavy (non-hydrogen) atoms. The Balaban J connectivity index is 1.95. The van der Waals surface area contributed by atoms with Crippen molar-refractivity contribution in [3.63, 3.8) is 0 Å². The van der Waals surface area contributed by atoms with Crippen molar-refractivity contribution in [2.75, 3.05) is 6.61 Å². The lowest BCUT2D eigenvalue weighted by Gasteiger charge is -2.24. The van der Waals surface area contributed by atoms with Gasteiger partial charge in [-0.05, 0) is 50.9 Å². The van der Waals surface area contributed by atoms with Crippen LogP contribution in [0.15, 0.2) is 11.1 Å². The fraction of sp³-hybridized carbons (Fsp3) is 0.714. The predicted molar refractivity (Wildman–Crippen MR) is 62.2 cm³/mol. The van der Waals surface area contributed by atoms with Crippen LogP contribution >= 0.6 is 0 Å². The topological polar surface area (TPSA) is 43.4 Å². The number of ether oxygens (including phenoxy) is 1. The fourth-order valence-electron chi connectivity index (χ4n) is 4.28. The van der Waals surface area contributed by atoms with Gasteiger partial charge >= 0.3 is 5.97 Å². The quantitative estimate of drug-likeness (QED) is 0.543. The highest BCUT2D eigenvalue weighted by Gasteiger charge is 2.56. The van der Waals surface area contributed by atoms with Gasteiger partial charge in [0.1, 0.15) is 5.57 Å². The molecule has 3 aliphatic carbocycles. The standard InChI is InChI=1S/C14H18O3/c1-3-17-14(16)11-7(2)10-8-4-5-9(6-8)12(10)13(11)15/h8-10,12H,3-6H2,1-2H3/t8-,9+,10+,12-/m1/s1. The number of Topliss-reactive ketones (excluding diaryl/α,β-unsaturated/α-hetero) is 1. The van der Waals surface area contributed by atoms with Crippen molar-refractivity contribution in [2.45, 2.75) is 33.1 Å². The molecule has 0 aliphatic heterocycles. The Morgan fingerprint density at radius 1 is 1.29 bits per heavy atom. The third-order valence-corrected chi connectivity index (χ3v) is 4.84. The molecule has 92 valence electrons. The molecular weight excluding hydrogens is 216 g/mol. The molecule has 0 heterocycles. The molecule has 2 saturated carbocycles. The largest absolute Gasteiger partial charge is 0.462 e. The summed E-state index contributed by atoms with van der Waals surface area (Å²) >= 11 is 0. The van der Waals surface area contributed by atoms with Crippen LogP contribution in [0.5, 0.6) is 0 Å². The Labute approximate surface area is 101 Å². The van der Waals surface area contributed by atoms with Crippen molar-refractivity contribution in [1.82, 2.24) is 0 Å². The number of hydrogen-bond donors (Lipinski definition) is 0. The highest BCUT2D eigenvalue weighted by molar-refractivity contribution is 6.21. The molecule has 0 saturated heterocycles. The lowest BCUT2D eigenvalue weighted by Crippen LogP contribution is -2.25. The van der Waals surface area contributed by atoms with Crippen LogP contribution in [0.25, 0.3) is 0 Å². The molecule has 0 radical (unpaired) electrons. The molecule has 3 rings (SSSR count). The smallest absolute Gasteiger partial charge is 0.341 e. The zero-order chi connectivity index (χ0) is 12.2. The van der Waals surface area contributed by atoms with E-state index in [1.807, 2.05) is 6.92 Å². The predicted octanol–water partition coefficient (Wildman–Crippen LogP) is 2.11. The zero-order valence-electron chi connectivity index (χ0n) is 10.4. The highest BCUT2D eigenvalue weighted by Crippen LogP contribution is 2.59. The van der Waals surface area contributed by atoms with E-state index in [0.717, 1.165) is 5.57 Å². The molecule has 3 aliphatic rings. The lowest BCUT2D eigenvalue weighted by molar-refractivity contribution is -0.140. The van der Waals surface area contributed by atoms with Crippen molar-refractivity contribution < 1.29 is 14.3 Å². The first kappa shape index (κ1) is 11.0. The molecule has 0 aromatic rings. The summed E-state index contributed by atoms with van der Waals surface area (Å²) in [5.74, 6) is 1.29. The van der Waals surface area contributed by atoms with Gasteiger partial charge in [-0.3, -0.25) is 4.79 Å². The monoisotopic (exact) mass is 234 g/mol. The summed E-state index contributed by atoms with van der Waals surface area (Å²) < 4.78 is 5.01. The average molecular weight is 234 g/mol. The molecule has 0 N–H and O–H groups in total. The molecule has 3 heteroatoms. The van der Waals surface area contributed by atoms with E-state index >= 15 is 0 Å². The number of esters is 1. The van der Waals surface area contributed by atoms with Crippen LogP contribution in [0, 0.1) is 23.7 Å². The Hall–Kier alpha value is -1.12. The van der Waals surface area contributed by atoms with Gasteiger partial charge in [0.2, 0.25) is 0 Å². The van der Waals surface area contributed by atoms with Crippen molar-refractivity contribution in [3.8, 4) is 0 Å². The summed E-state index contributed by atoms with van der Waals surface area (Å²) in [6, 6.07) is 0. The summed E-state index contributed by atoms with van der Waals surface area (Å²) in [7, 11) is 0. The number of hydrogen-bond acceptors (Lipinski definition) is 3. The minimum Gasteiger partial charge on any atom is -0.462 e. The zero-order valence-corrected chi connectivity index (χ0v) is 10.4. The Bertz CT molecular complexity index is 421. The maximum absolute atomic E-state index is 12.3. The van der Waals surface area contributed by atoms with Gasteiger partial charge in [-0.15, -0.1) is 0 Å². The molecular formula is C14H18O3. The minimum atomic E-state index is -0.399. The van der Waals surface area contributed by atoms with Crippen LogP contribution in [-0.4, -0.2) is 18.4 Å². The van der Waals surface area contributed by atoms with Crippen LogP contribution in [0.1, 0.15) is 33.1 Å². The summed E-state index contributed by atoms with van der Waals surface area (Å²) in [5.41, 5.74) is 1.38. The van der Waals surface area contributed by atoms with E-state index in [1.54, 1.807) is 6.92 Å². The number of carbonyl (C=O) groups excluding carboxylic acids is 2. The first-order valence-electron chi connectivity index (χ1n) is 6.57. The van der Waals surface area contributed by atoms with E-state index in [0.29, 0.717) is 29.9 Å². The van der Waals surface area contributed by atoms with Crippen molar-refractivity contribution in [2.24, 2.45) is 23.7 Å². The Morgan fingerprint density at radius 2 is 1.94 bits per heavy atom. The molecule has 2 bridgehead atoms. The molecule has 0 spiro atoms. The van der Waals surface area contributed by atoms with Gasteiger partial charge in [0.05, 0.1) is 6.61 Å². The van der Waals surface area contributed by atoms with Gasteiger partial charge < -0.3 is 4.74 Å². The first-order valence-corrected chi connectivity index (χ1v) is 6.57. The van der Waals surface area contributed by atoms with Crippen LogP contribution < -0.4 is 0 Å². The number of carbonyl (C=O) groups is 2. The van der Waals surface area contributed by atoms with E-state index in [4.69, 9.17) is 4.74 Å². The Kier molecular flexibility index (Phi) is 2.39. The summed E-state index contributed by atoms with van der Waals surface area (Å²) in [5, 5.41) is 0. The van der Waals surface area contributed by atoms with E-state index in [1.165, 1.54) is 19.3 Å². The Morgan fingerprint density at radius 3 is 2.53 bits per heavy atom. The molecule has 4 atom stereocenters. The van der Waals surface area contributed by atoms with Gasteiger partial charge in [-0.25, -0.2) is 4.79 Å². The second-order valence-electron chi connectivity index (χ2n) is 5.53. The third kappa shape index (κ3) is 1.34. The van der Waals surface area contributed by atoms with Gasteiger partial charge in [-0.2, -0.15) is 0 Å². The number of fused-ring (bicyclic) bond motifs is 5. The maximum Gasteiger partial charge on any atom is 0.341 e. The van der Waals surface area contributed by atoms with Gasteiger partial charge in [0.25, 0.3) is 0 Å². The molecule has 0 amide bonds. The maximum atomic E-state index is 12.3. The van der Waals surface area contributed by atoms with E-state index in [9.17, 15) is 9.59 Å². The number of ketones is 1. The van der Waals surface area contributed by atoms with E-state index < -0.39 is 5.97 Å². The number of rotatable bonds is 2. The summed E-state index contributed by atoms with van der Waals surface area (Å²) in [6.07, 6.45) is 3.59. The highest BCUT2D eigenvalue weighted by atomic mass is 16.5. The summed E-state index contributed by atoms with van der Waals surface area (Å²) in [4.78, 5) is 24.2. The van der Waals surface area contributed by atoms with Crippen LogP contribution in [0.2, 0.25) is 0 Å². The van der Waals surface area contributed by atoms with Crippen molar-refractivity contribution in [3.05, 3.63) is 11.1 Å². The van der Waals surface area contributed by atoms with E-state index in [2.05, 4.69) is 0 Å². The normalized spacial score (nSPS) is 38.8. The molecule has 0 unspecified atom stereocenters. The molecule has 2 fully saturated rings. The van der Waals surface area contributed by atoms with Gasteiger partial charge in [0, 0.05) is 5.92 Å². The molecule has 0 aromatic carbocycles. The average Bonchev–Trinajstić information content (AvgIpc) is 2.93. The van der Waals surface area contributed by atoms with Crippen molar-refractivity contribution >= 4 is 11.8 Å². The molecule has 3 nitrogen and oxygen atoms in total.